The lowest BCUT2D eigenvalue weighted by atomic mass is 10.2. The van der Waals surface area contributed by atoms with Crippen molar-refractivity contribution in [1.29, 1.82) is 0 Å². The minimum Gasteiger partial charge on any atom is -0.291 e. The highest BCUT2D eigenvalue weighted by Gasteiger charge is 2.11. The predicted octanol–water partition coefficient (Wildman–Crippen LogP) is 2.39. The van der Waals surface area contributed by atoms with Gasteiger partial charge in [0, 0.05) is 12.8 Å². The zero-order chi connectivity index (χ0) is 15.1. The quantitative estimate of drug-likeness (QED) is 0.658. The molecule has 0 heterocycles. The number of aryl methyl sites for hydroxylation is 1. The number of rotatable bonds is 6. The maximum Gasteiger partial charge on any atom is 0.240 e. The van der Waals surface area contributed by atoms with E-state index < -0.39 is 10.0 Å². The molecule has 110 valence electrons. The van der Waals surface area contributed by atoms with E-state index in [4.69, 9.17) is 0 Å². The smallest absolute Gasteiger partial charge is 0.240 e. The van der Waals surface area contributed by atoms with Crippen molar-refractivity contribution in [3.05, 3.63) is 65.7 Å². The Bertz CT molecular complexity index is 693. The van der Waals surface area contributed by atoms with E-state index in [1.54, 1.807) is 30.5 Å². The van der Waals surface area contributed by atoms with Crippen LogP contribution in [-0.2, 0) is 10.0 Å². The molecule has 2 rings (SSSR count). The van der Waals surface area contributed by atoms with E-state index in [1.807, 2.05) is 37.3 Å². The maximum atomic E-state index is 12.0. The molecule has 0 unspecified atom stereocenters. The topological polar surface area (TPSA) is 58.5 Å². The zero-order valence-corrected chi connectivity index (χ0v) is 12.7. The molecule has 2 aromatic rings. The third-order valence-electron chi connectivity index (χ3n) is 2.90. The summed E-state index contributed by atoms with van der Waals surface area (Å²) in [5, 5.41) is 0. The minimum atomic E-state index is -3.45. The molecular formula is C16H18N2O2S. The number of nitrogens with one attached hydrogen (secondary N) is 1. The number of hydrogen-bond acceptors (Lipinski definition) is 3. The molecule has 2 aromatic carbocycles. The summed E-state index contributed by atoms with van der Waals surface area (Å²) in [5.41, 5.74) is 2.03. The van der Waals surface area contributed by atoms with Gasteiger partial charge >= 0.3 is 0 Å². The molecule has 4 nitrogen and oxygen atoms in total. The molecule has 0 atom stereocenters. The van der Waals surface area contributed by atoms with Gasteiger partial charge in [-0.1, -0.05) is 48.0 Å². The van der Waals surface area contributed by atoms with Gasteiger partial charge in [-0.15, -0.1) is 0 Å². The van der Waals surface area contributed by atoms with Crippen LogP contribution < -0.4 is 4.72 Å². The summed E-state index contributed by atoms with van der Waals surface area (Å²) in [6.45, 7) is 2.60. The number of benzene rings is 2. The van der Waals surface area contributed by atoms with Gasteiger partial charge in [-0.25, -0.2) is 13.1 Å². The molecule has 21 heavy (non-hydrogen) atoms. The Morgan fingerprint density at radius 1 is 1.05 bits per heavy atom. The molecule has 0 aliphatic carbocycles. The SMILES string of the molecule is Cc1ccc(S(=O)(=O)NCCN=Cc2ccccc2)cc1. The Labute approximate surface area is 125 Å². The Morgan fingerprint density at radius 3 is 2.38 bits per heavy atom. The minimum absolute atomic E-state index is 0.277. The van der Waals surface area contributed by atoms with E-state index in [-0.39, 0.29) is 11.4 Å². The molecule has 0 aromatic heterocycles. The summed E-state index contributed by atoms with van der Waals surface area (Å²) in [5.74, 6) is 0. The maximum absolute atomic E-state index is 12.0. The van der Waals surface area contributed by atoms with E-state index in [0.29, 0.717) is 6.54 Å². The van der Waals surface area contributed by atoms with Crippen LogP contribution in [0, 0.1) is 6.92 Å². The molecule has 0 aliphatic heterocycles. The molecule has 0 fully saturated rings. The van der Waals surface area contributed by atoms with Gasteiger partial charge in [0.1, 0.15) is 0 Å². The fraction of sp³-hybridized carbons (Fsp3) is 0.188. The first kappa shape index (κ1) is 15.4. The highest BCUT2D eigenvalue weighted by molar-refractivity contribution is 7.89. The van der Waals surface area contributed by atoms with Crippen LogP contribution in [0.2, 0.25) is 0 Å². The first-order chi connectivity index (χ1) is 10.1. The molecule has 0 spiro atoms. The summed E-state index contributed by atoms with van der Waals surface area (Å²) in [6.07, 6.45) is 1.74. The van der Waals surface area contributed by atoms with Crippen molar-refractivity contribution in [1.82, 2.24) is 4.72 Å². The Balaban J connectivity index is 1.85. The molecular weight excluding hydrogens is 284 g/mol. The largest absolute Gasteiger partial charge is 0.291 e. The molecule has 0 aliphatic rings. The molecule has 1 N–H and O–H groups in total. The van der Waals surface area contributed by atoms with Crippen molar-refractivity contribution in [2.45, 2.75) is 11.8 Å². The molecule has 0 saturated carbocycles. The molecule has 0 radical (unpaired) electrons. The van der Waals surface area contributed by atoms with Crippen LogP contribution >= 0.6 is 0 Å². The van der Waals surface area contributed by atoms with Gasteiger partial charge in [-0.3, -0.25) is 4.99 Å². The number of sulfonamides is 1. The van der Waals surface area contributed by atoms with E-state index in [9.17, 15) is 8.42 Å². The highest BCUT2D eigenvalue weighted by Crippen LogP contribution is 2.09. The van der Waals surface area contributed by atoms with Crippen molar-refractivity contribution in [2.75, 3.05) is 13.1 Å². The molecule has 5 heteroatoms. The van der Waals surface area contributed by atoms with Crippen LogP contribution in [0.3, 0.4) is 0 Å². The van der Waals surface area contributed by atoms with Gasteiger partial charge < -0.3 is 0 Å². The summed E-state index contributed by atoms with van der Waals surface area (Å²) in [4.78, 5) is 4.48. The Morgan fingerprint density at radius 2 is 1.71 bits per heavy atom. The lowest BCUT2D eigenvalue weighted by Crippen LogP contribution is -2.26. The molecule has 0 bridgehead atoms. The molecule has 0 saturated heterocycles. The lowest BCUT2D eigenvalue weighted by molar-refractivity contribution is 0.582. The van der Waals surface area contributed by atoms with Crippen molar-refractivity contribution in [3.8, 4) is 0 Å². The lowest BCUT2D eigenvalue weighted by Gasteiger charge is -2.05. The van der Waals surface area contributed by atoms with E-state index >= 15 is 0 Å². The Hall–Kier alpha value is -1.98. The third kappa shape index (κ3) is 4.81. The van der Waals surface area contributed by atoms with Gasteiger partial charge in [0.05, 0.1) is 11.4 Å². The van der Waals surface area contributed by atoms with E-state index in [2.05, 4.69) is 9.71 Å². The average molecular weight is 302 g/mol. The van der Waals surface area contributed by atoms with Crippen molar-refractivity contribution in [2.24, 2.45) is 4.99 Å². The molecule has 0 amide bonds. The summed E-state index contributed by atoms with van der Waals surface area (Å²) < 4.78 is 26.6. The van der Waals surface area contributed by atoms with Crippen LogP contribution in [0.5, 0.6) is 0 Å². The summed E-state index contributed by atoms with van der Waals surface area (Å²) >= 11 is 0. The van der Waals surface area contributed by atoms with E-state index in [0.717, 1.165) is 11.1 Å². The standard InChI is InChI=1S/C16H18N2O2S/c1-14-7-9-16(10-8-14)21(19,20)18-12-11-17-13-15-5-3-2-4-6-15/h2-10,13,18H,11-12H2,1H3. The average Bonchev–Trinajstić information content (AvgIpc) is 2.48. The number of nitrogens with zero attached hydrogens (tertiary/aromatic N) is 1. The van der Waals surface area contributed by atoms with Crippen LogP contribution in [0.25, 0.3) is 0 Å². The second kappa shape index (κ2) is 7.15. The van der Waals surface area contributed by atoms with Gasteiger partial charge in [-0.05, 0) is 24.6 Å². The van der Waals surface area contributed by atoms with Gasteiger partial charge in [0.25, 0.3) is 0 Å². The monoisotopic (exact) mass is 302 g/mol. The zero-order valence-electron chi connectivity index (χ0n) is 11.9. The van der Waals surface area contributed by atoms with Gasteiger partial charge in [-0.2, -0.15) is 0 Å². The fourth-order valence-corrected chi connectivity index (χ4v) is 2.78. The van der Waals surface area contributed by atoms with Gasteiger partial charge in [0.2, 0.25) is 10.0 Å². The predicted molar refractivity (Wildman–Crippen MR) is 85.3 cm³/mol. The highest BCUT2D eigenvalue weighted by atomic mass is 32.2. The second-order valence-corrected chi connectivity index (χ2v) is 6.42. The van der Waals surface area contributed by atoms with Crippen LogP contribution in [-0.4, -0.2) is 27.7 Å². The van der Waals surface area contributed by atoms with Crippen LogP contribution in [0.15, 0.2) is 64.5 Å². The fourth-order valence-electron chi connectivity index (χ4n) is 1.75. The summed E-state index contributed by atoms with van der Waals surface area (Å²) in [6, 6.07) is 16.5. The first-order valence-corrected chi connectivity index (χ1v) is 8.17. The van der Waals surface area contributed by atoms with Crippen LogP contribution in [0.1, 0.15) is 11.1 Å². The number of hydrogen-bond donors (Lipinski definition) is 1. The second-order valence-electron chi connectivity index (χ2n) is 4.66. The van der Waals surface area contributed by atoms with Crippen molar-refractivity contribution < 1.29 is 8.42 Å². The van der Waals surface area contributed by atoms with Crippen molar-refractivity contribution in [3.63, 3.8) is 0 Å². The van der Waals surface area contributed by atoms with Gasteiger partial charge in [0.15, 0.2) is 0 Å². The van der Waals surface area contributed by atoms with Crippen molar-refractivity contribution >= 4 is 16.2 Å². The van der Waals surface area contributed by atoms with Crippen LogP contribution in [0.4, 0.5) is 0 Å². The first-order valence-electron chi connectivity index (χ1n) is 6.69. The summed E-state index contributed by atoms with van der Waals surface area (Å²) in [7, 11) is -3.45. The third-order valence-corrected chi connectivity index (χ3v) is 4.38. The normalized spacial score (nSPS) is 11.9. The Kier molecular flexibility index (Phi) is 5.25. The number of aliphatic imine (C=N–C) groups is 1. The van der Waals surface area contributed by atoms with E-state index in [1.165, 1.54) is 0 Å².